The molecule has 0 aliphatic heterocycles. The predicted octanol–water partition coefficient (Wildman–Crippen LogP) is 6.42. The van der Waals surface area contributed by atoms with Gasteiger partial charge in [0.25, 0.3) is 14.1 Å². The summed E-state index contributed by atoms with van der Waals surface area (Å²) in [5.74, 6) is 0.237. The van der Waals surface area contributed by atoms with Crippen LogP contribution in [0.1, 0.15) is 40.5 Å². The van der Waals surface area contributed by atoms with Gasteiger partial charge in [-0.3, -0.25) is 9.36 Å². The second-order valence-electron chi connectivity index (χ2n) is 11.1. The molecule has 0 aliphatic rings. The van der Waals surface area contributed by atoms with Crippen LogP contribution in [0.3, 0.4) is 0 Å². The fourth-order valence-corrected chi connectivity index (χ4v) is 6.39. The van der Waals surface area contributed by atoms with Crippen molar-refractivity contribution in [3.05, 3.63) is 71.0 Å². The minimum absolute atomic E-state index is 0.172. The molecule has 11 nitrogen and oxygen atoms in total. The maximum absolute atomic E-state index is 14.0. The maximum Gasteiger partial charge on any atom is 0.283 e. The third-order valence-corrected chi connectivity index (χ3v) is 8.77. The highest BCUT2D eigenvalue weighted by Gasteiger charge is 2.27. The molecule has 2 aromatic carbocycles. The van der Waals surface area contributed by atoms with Crippen molar-refractivity contribution in [2.45, 2.75) is 59.2 Å². The summed E-state index contributed by atoms with van der Waals surface area (Å²) in [6.07, 6.45) is 2.40. The zero-order valence-electron chi connectivity index (χ0n) is 26.8. The molecule has 0 aliphatic carbocycles. The van der Waals surface area contributed by atoms with Crippen LogP contribution in [-0.2, 0) is 15.6 Å². The Morgan fingerprint density at radius 1 is 0.911 bits per heavy atom. The van der Waals surface area contributed by atoms with Gasteiger partial charge in [0.05, 0.1) is 43.4 Å². The topological polar surface area (TPSA) is 122 Å². The van der Waals surface area contributed by atoms with E-state index in [1.807, 2.05) is 74.8 Å². The molecule has 12 heteroatoms. The van der Waals surface area contributed by atoms with Gasteiger partial charge >= 0.3 is 0 Å². The second kappa shape index (κ2) is 16.3. The van der Waals surface area contributed by atoms with Crippen molar-refractivity contribution in [2.24, 2.45) is 4.99 Å². The lowest BCUT2D eigenvalue weighted by Crippen LogP contribution is -2.33. The zero-order valence-corrected chi connectivity index (χ0v) is 27.7. The first-order valence-electron chi connectivity index (χ1n) is 15.1. The molecule has 0 N–H and O–H groups in total. The van der Waals surface area contributed by atoms with Crippen molar-refractivity contribution in [1.82, 2.24) is 29.1 Å². The van der Waals surface area contributed by atoms with Crippen molar-refractivity contribution >= 4 is 32.0 Å². The lowest BCUT2D eigenvalue weighted by Gasteiger charge is -2.35. The van der Waals surface area contributed by atoms with E-state index >= 15 is 0 Å². The monoisotopic (exact) mass is 628 g/mol. The maximum atomic E-state index is 14.0. The summed E-state index contributed by atoms with van der Waals surface area (Å²) in [7, 11) is 2.31. The van der Waals surface area contributed by atoms with Crippen LogP contribution in [0.4, 0.5) is 5.95 Å². The number of rotatable bonds is 15. The van der Waals surface area contributed by atoms with Crippen LogP contribution in [0.5, 0.6) is 0 Å². The first-order valence-corrected chi connectivity index (χ1v) is 16.2. The lowest BCUT2D eigenvalue weighted by atomic mass is 10.0. The summed E-state index contributed by atoms with van der Waals surface area (Å²) in [5.41, 5.74) is 3.05. The molecular formula is C33H41N8O3P. The van der Waals surface area contributed by atoms with Gasteiger partial charge in [0.1, 0.15) is 0 Å². The van der Waals surface area contributed by atoms with E-state index in [0.29, 0.717) is 37.6 Å². The van der Waals surface area contributed by atoms with Crippen molar-refractivity contribution in [1.29, 1.82) is 5.26 Å². The number of hydrogen-bond acceptors (Lipinski definition) is 9. The summed E-state index contributed by atoms with van der Waals surface area (Å²) in [6.45, 7) is 9.30. The van der Waals surface area contributed by atoms with E-state index in [1.54, 1.807) is 11.2 Å². The summed E-state index contributed by atoms with van der Waals surface area (Å²) < 4.78 is 16.0. The summed E-state index contributed by atoms with van der Waals surface area (Å²) >= 11 is 0. The van der Waals surface area contributed by atoms with Crippen molar-refractivity contribution < 1.29 is 9.05 Å². The number of nitrogens with zero attached hydrogens (tertiary/aromatic N) is 8. The van der Waals surface area contributed by atoms with Crippen molar-refractivity contribution in [3.63, 3.8) is 0 Å². The molecular weight excluding hydrogens is 587 g/mol. The number of aliphatic imine (C=N–C) groups is 1. The molecule has 0 fully saturated rings. The van der Waals surface area contributed by atoms with E-state index < -0.39 is 8.53 Å². The van der Waals surface area contributed by atoms with Gasteiger partial charge in [-0.25, -0.2) is 19.6 Å². The smallest absolute Gasteiger partial charge is 0.283 e. The largest absolute Gasteiger partial charge is 0.369 e. The Kier molecular flexibility index (Phi) is 12.2. The minimum atomic E-state index is -1.39. The molecule has 1 atom stereocenters. The Labute approximate surface area is 266 Å². The first kappa shape index (κ1) is 33.8. The quantitative estimate of drug-likeness (QED) is 0.0635. The third kappa shape index (κ3) is 8.77. The molecule has 0 amide bonds. The average Bonchev–Trinajstić information content (AvgIpc) is 3.03. The van der Waals surface area contributed by atoms with Crippen LogP contribution in [0.2, 0.25) is 0 Å². The number of hydrogen-bond donors (Lipinski definition) is 0. The van der Waals surface area contributed by atoms with Gasteiger partial charge in [0, 0.05) is 43.9 Å². The Balaban J connectivity index is 1.71. The molecule has 0 bridgehead atoms. The highest BCUT2D eigenvalue weighted by Crippen LogP contribution is 2.46. The highest BCUT2D eigenvalue weighted by atomic mass is 31.2. The second-order valence-corrected chi connectivity index (χ2v) is 12.6. The summed E-state index contributed by atoms with van der Waals surface area (Å²) in [5, 5.41) is 9.00. The molecule has 45 heavy (non-hydrogen) atoms. The Morgan fingerprint density at radius 3 is 2.04 bits per heavy atom. The normalized spacial score (nSPS) is 12.4. The Hall–Kier alpha value is -4.07. The molecule has 0 spiro atoms. The van der Waals surface area contributed by atoms with Crippen LogP contribution >= 0.6 is 8.53 Å². The van der Waals surface area contributed by atoms with E-state index in [4.69, 9.17) is 29.3 Å². The Morgan fingerprint density at radius 2 is 1.49 bits per heavy atom. The summed E-state index contributed by atoms with van der Waals surface area (Å²) in [4.78, 5) is 34.8. The highest BCUT2D eigenvalue weighted by molar-refractivity contribution is 7.44. The number of benzene rings is 2. The van der Waals surface area contributed by atoms with Crippen LogP contribution in [-0.4, -0.2) is 74.8 Å². The molecule has 0 saturated heterocycles. The van der Waals surface area contributed by atoms with Crippen molar-refractivity contribution in [2.75, 3.05) is 27.3 Å². The molecule has 4 rings (SSSR count). The summed E-state index contributed by atoms with van der Waals surface area (Å²) in [6, 6.07) is 22.0. The van der Waals surface area contributed by atoms with Gasteiger partial charge < -0.3 is 13.9 Å². The van der Waals surface area contributed by atoms with Crippen LogP contribution in [0.15, 0.2) is 70.5 Å². The predicted molar refractivity (Wildman–Crippen MR) is 180 cm³/mol. The van der Waals surface area contributed by atoms with Crippen LogP contribution < -0.4 is 5.56 Å². The van der Waals surface area contributed by atoms with E-state index in [-0.39, 0.29) is 41.2 Å². The van der Waals surface area contributed by atoms with Crippen molar-refractivity contribution in [3.8, 4) is 28.6 Å². The van der Waals surface area contributed by atoms with E-state index in [1.165, 1.54) is 4.57 Å². The fourth-order valence-electron chi connectivity index (χ4n) is 4.76. The van der Waals surface area contributed by atoms with Gasteiger partial charge in [-0.1, -0.05) is 60.7 Å². The minimum Gasteiger partial charge on any atom is -0.369 e. The van der Waals surface area contributed by atoms with E-state index in [0.717, 1.165) is 11.1 Å². The van der Waals surface area contributed by atoms with Gasteiger partial charge in [-0.15, -0.1) is 0 Å². The van der Waals surface area contributed by atoms with Crippen LogP contribution in [0.25, 0.3) is 33.7 Å². The van der Waals surface area contributed by atoms with Gasteiger partial charge in [0.2, 0.25) is 5.95 Å². The standard InChI is InChI=1S/C33H41N8O3P/c1-24(2)41(25(3)4)45(43-21-13-19-34)44-22-14-20-40-32(42)30-31(38-33(40)35-23-39(5)6)37-29(27-17-11-8-12-18-27)28(36-30)26-15-9-7-10-16-26/h7-12,15-18,23-25H,13-14,20-22H2,1-6H3/b35-23+. The number of fused-ring (bicyclic) bond motifs is 1. The fraction of sp³-hybridized carbons (Fsp3) is 0.394. The molecule has 1 unspecified atom stereocenters. The number of nitriles is 1. The average molecular weight is 629 g/mol. The zero-order chi connectivity index (χ0) is 32.3. The molecule has 0 saturated carbocycles. The molecule has 0 radical (unpaired) electrons. The van der Waals surface area contributed by atoms with Gasteiger partial charge in [-0.2, -0.15) is 10.2 Å². The lowest BCUT2D eigenvalue weighted by molar-refractivity contribution is 0.173. The molecule has 236 valence electrons. The van der Waals surface area contributed by atoms with Gasteiger partial charge in [-0.05, 0) is 34.1 Å². The van der Waals surface area contributed by atoms with E-state index in [9.17, 15) is 4.79 Å². The Bertz CT molecular complexity index is 1660. The molecule has 4 aromatic rings. The SMILES string of the molecule is CC(C)N(C(C)C)P(OCCC#N)OCCCn1c(/N=C/N(C)C)nc2nc(-c3ccccc3)c(-c3ccccc3)nc2c1=O. The molecule has 2 aromatic heterocycles. The third-order valence-electron chi connectivity index (χ3n) is 6.66. The van der Waals surface area contributed by atoms with Gasteiger partial charge in [0.15, 0.2) is 11.2 Å². The van der Waals surface area contributed by atoms with Crippen LogP contribution in [0, 0.1) is 11.3 Å². The molecule has 2 heterocycles. The first-order chi connectivity index (χ1) is 21.7. The number of aromatic nitrogens is 4. The van der Waals surface area contributed by atoms with E-state index in [2.05, 4.69) is 43.4 Å².